The molecule has 142 valence electrons. The minimum absolute atomic E-state index is 0.0534. The van der Waals surface area contributed by atoms with Crippen LogP contribution in [0.15, 0.2) is 48.5 Å². The van der Waals surface area contributed by atoms with Crippen LogP contribution in [-0.2, 0) is 9.59 Å². The van der Waals surface area contributed by atoms with Crippen LogP contribution in [0, 0.1) is 11.6 Å². The van der Waals surface area contributed by atoms with E-state index in [9.17, 15) is 23.2 Å². The maximum absolute atomic E-state index is 13.4. The van der Waals surface area contributed by atoms with Crippen LogP contribution in [-0.4, -0.2) is 31.3 Å². The first-order chi connectivity index (χ1) is 12.9. The topological polar surface area (TPSA) is 87.3 Å². The predicted molar refractivity (Wildman–Crippen MR) is 94.7 cm³/mol. The highest BCUT2D eigenvalue weighted by molar-refractivity contribution is 5.94. The summed E-state index contributed by atoms with van der Waals surface area (Å²) in [5.41, 5.74) is 0.567. The molecule has 0 saturated carbocycles. The summed E-state index contributed by atoms with van der Waals surface area (Å²) < 4.78 is 26.5. The van der Waals surface area contributed by atoms with E-state index < -0.39 is 29.5 Å². The molecule has 0 radical (unpaired) electrons. The molecule has 0 fully saturated rings. The summed E-state index contributed by atoms with van der Waals surface area (Å²) in [5, 5.41) is 7.40. The monoisotopic (exact) mass is 375 g/mol. The van der Waals surface area contributed by atoms with Crippen LogP contribution in [0.25, 0.3) is 0 Å². The normalized spacial score (nSPS) is 11.4. The number of amides is 3. The number of hydrogen-bond acceptors (Lipinski definition) is 3. The Kier molecular flexibility index (Phi) is 6.99. The highest BCUT2D eigenvalue weighted by atomic mass is 19.2. The lowest BCUT2D eigenvalue weighted by molar-refractivity contribution is -0.128. The lowest BCUT2D eigenvalue weighted by Crippen LogP contribution is -2.40. The number of carbonyl (C=O) groups is 3. The fourth-order valence-corrected chi connectivity index (χ4v) is 2.35. The number of benzene rings is 2. The second-order valence-electron chi connectivity index (χ2n) is 5.66. The molecule has 0 bridgehead atoms. The second-order valence-corrected chi connectivity index (χ2v) is 5.66. The van der Waals surface area contributed by atoms with Crippen molar-refractivity contribution in [3.63, 3.8) is 0 Å². The van der Waals surface area contributed by atoms with Crippen LogP contribution in [0.3, 0.4) is 0 Å². The van der Waals surface area contributed by atoms with Gasteiger partial charge in [-0.1, -0.05) is 24.3 Å². The van der Waals surface area contributed by atoms with E-state index in [1.54, 1.807) is 30.3 Å². The highest BCUT2D eigenvalue weighted by Gasteiger charge is 2.23. The van der Waals surface area contributed by atoms with E-state index in [0.717, 1.165) is 12.1 Å². The molecule has 3 N–H and O–H groups in total. The smallest absolute Gasteiger partial charge is 0.251 e. The Morgan fingerprint density at radius 2 is 1.70 bits per heavy atom. The third-order valence-corrected chi connectivity index (χ3v) is 3.76. The van der Waals surface area contributed by atoms with Crippen LogP contribution < -0.4 is 16.0 Å². The molecule has 27 heavy (non-hydrogen) atoms. The fraction of sp³-hybridized carbons (Fsp3) is 0.211. The third kappa shape index (κ3) is 5.60. The Labute approximate surface area is 155 Å². The summed E-state index contributed by atoms with van der Waals surface area (Å²) in [5.74, 6) is -3.61. The summed E-state index contributed by atoms with van der Waals surface area (Å²) in [6, 6.07) is 10.3. The number of halogens is 2. The van der Waals surface area contributed by atoms with Crippen molar-refractivity contribution in [2.75, 3.05) is 13.6 Å². The van der Waals surface area contributed by atoms with Crippen molar-refractivity contribution < 1.29 is 23.2 Å². The van der Waals surface area contributed by atoms with Crippen LogP contribution in [0.1, 0.15) is 28.4 Å². The zero-order chi connectivity index (χ0) is 19.8. The maximum Gasteiger partial charge on any atom is 0.251 e. The van der Waals surface area contributed by atoms with Gasteiger partial charge < -0.3 is 16.0 Å². The van der Waals surface area contributed by atoms with E-state index in [0.29, 0.717) is 5.56 Å². The lowest BCUT2D eigenvalue weighted by Gasteiger charge is -2.18. The van der Waals surface area contributed by atoms with Gasteiger partial charge in [0, 0.05) is 25.6 Å². The molecule has 2 aromatic rings. The first-order valence-electron chi connectivity index (χ1n) is 8.21. The molecule has 0 heterocycles. The van der Waals surface area contributed by atoms with Crippen molar-refractivity contribution in [3.05, 3.63) is 71.3 Å². The van der Waals surface area contributed by atoms with Gasteiger partial charge in [-0.3, -0.25) is 14.4 Å². The molecule has 2 rings (SSSR count). The van der Waals surface area contributed by atoms with E-state index >= 15 is 0 Å². The number of likely N-dealkylation sites (N-methyl/N-ethyl adjacent to an activating group) is 1. The molecular formula is C19H19F2N3O3. The van der Waals surface area contributed by atoms with Gasteiger partial charge in [-0.15, -0.1) is 0 Å². The quantitative estimate of drug-likeness (QED) is 0.688. The number of rotatable bonds is 7. The molecule has 2 aromatic carbocycles. The zero-order valence-corrected chi connectivity index (χ0v) is 14.6. The average Bonchev–Trinajstić information content (AvgIpc) is 2.68. The summed E-state index contributed by atoms with van der Waals surface area (Å²) in [4.78, 5) is 36.0. The van der Waals surface area contributed by atoms with Gasteiger partial charge in [0.1, 0.15) is 6.04 Å². The first kappa shape index (κ1) is 20.0. The number of hydrogen-bond donors (Lipinski definition) is 3. The van der Waals surface area contributed by atoms with Crippen molar-refractivity contribution in [1.29, 1.82) is 0 Å². The SMILES string of the molecule is CNC(=O)C(NC(=O)CCNC(=O)c1ccccc1)c1ccc(F)c(F)c1. The molecule has 1 unspecified atom stereocenters. The Morgan fingerprint density at radius 3 is 2.33 bits per heavy atom. The number of nitrogens with one attached hydrogen (secondary N) is 3. The first-order valence-corrected chi connectivity index (χ1v) is 8.21. The lowest BCUT2D eigenvalue weighted by atomic mass is 10.1. The molecule has 0 spiro atoms. The Bertz CT molecular complexity index is 828. The fourth-order valence-electron chi connectivity index (χ4n) is 2.35. The van der Waals surface area contributed by atoms with E-state index in [-0.39, 0.29) is 24.4 Å². The van der Waals surface area contributed by atoms with E-state index in [2.05, 4.69) is 16.0 Å². The Hall–Kier alpha value is -3.29. The van der Waals surface area contributed by atoms with Crippen LogP contribution >= 0.6 is 0 Å². The van der Waals surface area contributed by atoms with Gasteiger partial charge in [-0.2, -0.15) is 0 Å². The zero-order valence-electron chi connectivity index (χ0n) is 14.6. The van der Waals surface area contributed by atoms with E-state index in [1.165, 1.54) is 13.1 Å². The van der Waals surface area contributed by atoms with Gasteiger partial charge in [0.05, 0.1) is 0 Å². The largest absolute Gasteiger partial charge is 0.357 e. The second kappa shape index (κ2) is 9.42. The van der Waals surface area contributed by atoms with Crippen molar-refractivity contribution in [2.24, 2.45) is 0 Å². The van der Waals surface area contributed by atoms with Crippen molar-refractivity contribution in [3.8, 4) is 0 Å². The summed E-state index contributed by atoms with van der Waals surface area (Å²) in [7, 11) is 1.36. The van der Waals surface area contributed by atoms with E-state index in [1.807, 2.05) is 0 Å². The minimum atomic E-state index is -1.18. The highest BCUT2D eigenvalue weighted by Crippen LogP contribution is 2.17. The molecule has 0 aromatic heterocycles. The third-order valence-electron chi connectivity index (χ3n) is 3.76. The molecule has 0 aliphatic carbocycles. The standard InChI is InChI=1S/C19H19F2N3O3/c1-22-19(27)17(13-7-8-14(20)15(21)11-13)24-16(25)9-10-23-18(26)12-5-3-2-4-6-12/h2-8,11,17H,9-10H2,1H3,(H,22,27)(H,23,26)(H,24,25). The van der Waals surface area contributed by atoms with Gasteiger partial charge in [-0.05, 0) is 29.8 Å². The Morgan fingerprint density at radius 1 is 1.00 bits per heavy atom. The van der Waals surface area contributed by atoms with Gasteiger partial charge in [-0.25, -0.2) is 8.78 Å². The predicted octanol–water partition coefficient (Wildman–Crippen LogP) is 1.69. The van der Waals surface area contributed by atoms with Gasteiger partial charge in [0.25, 0.3) is 5.91 Å². The Balaban J connectivity index is 1.94. The molecule has 0 saturated heterocycles. The van der Waals surface area contributed by atoms with E-state index in [4.69, 9.17) is 0 Å². The molecule has 0 aliphatic heterocycles. The number of carbonyl (C=O) groups excluding carboxylic acids is 3. The molecule has 0 aliphatic rings. The summed E-state index contributed by atoms with van der Waals surface area (Å²) in [6.45, 7) is 0.0534. The molecule has 3 amide bonds. The molecule has 6 nitrogen and oxygen atoms in total. The molecular weight excluding hydrogens is 356 g/mol. The summed E-state index contributed by atoms with van der Waals surface area (Å²) in [6.07, 6.45) is -0.0876. The van der Waals surface area contributed by atoms with Crippen molar-refractivity contribution in [2.45, 2.75) is 12.5 Å². The maximum atomic E-state index is 13.4. The van der Waals surface area contributed by atoms with Crippen LogP contribution in [0.2, 0.25) is 0 Å². The van der Waals surface area contributed by atoms with Crippen molar-refractivity contribution in [1.82, 2.24) is 16.0 Å². The van der Waals surface area contributed by atoms with Gasteiger partial charge in [0.15, 0.2) is 11.6 Å². The summed E-state index contributed by atoms with van der Waals surface area (Å²) >= 11 is 0. The van der Waals surface area contributed by atoms with Crippen molar-refractivity contribution >= 4 is 17.7 Å². The van der Waals surface area contributed by atoms with Crippen LogP contribution in [0.4, 0.5) is 8.78 Å². The minimum Gasteiger partial charge on any atom is -0.357 e. The molecule has 8 heteroatoms. The van der Waals surface area contributed by atoms with Crippen LogP contribution in [0.5, 0.6) is 0 Å². The average molecular weight is 375 g/mol. The molecule has 1 atom stereocenters. The van der Waals surface area contributed by atoms with Gasteiger partial charge >= 0.3 is 0 Å². The van der Waals surface area contributed by atoms with Gasteiger partial charge in [0.2, 0.25) is 11.8 Å².